The van der Waals surface area contributed by atoms with Crippen molar-refractivity contribution in [3.8, 4) is 0 Å². The van der Waals surface area contributed by atoms with Crippen LogP contribution in [0.1, 0.15) is 71.4 Å². The zero-order valence-corrected chi connectivity index (χ0v) is 16.7. The number of unbranched alkanes of at least 4 members (excludes halogenated alkanes) is 2. The van der Waals surface area contributed by atoms with Crippen LogP contribution in [-0.4, -0.2) is 24.7 Å². The topological polar surface area (TPSA) is 58.2 Å². The van der Waals surface area contributed by atoms with Gasteiger partial charge < -0.3 is 10.6 Å². The number of hydrogen-bond acceptors (Lipinski definition) is 4. The molecule has 2 aromatic carbocycles. The molecule has 160 valence electrons. The van der Waals surface area contributed by atoms with E-state index < -0.39 is 46.0 Å². The molecule has 0 spiro atoms. The zero-order valence-electron chi connectivity index (χ0n) is 16.7. The van der Waals surface area contributed by atoms with Crippen LogP contribution in [0.5, 0.6) is 0 Å². The molecule has 0 bridgehead atoms. The highest BCUT2D eigenvalue weighted by atomic mass is 19.2. The van der Waals surface area contributed by atoms with Crippen molar-refractivity contribution in [2.75, 3.05) is 23.7 Å². The molecule has 1 aliphatic rings. The van der Waals surface area contributed by atoms with E-state index in [9.17, 15) is 27.2 Å². The van der Waals surface area contributed by atoms with E-state index >= 15 is 0 Å². The summed E-state index contributed by atoms with van der Waals surface area (Å²) in [7, 11) is 0. The van der Waals surface area contributed by atoms with Crippen molar-refractivity contribution in [2.45, 2.75) is 39.5 Å². The fourth-order valence-electron chi connectivity index (χ4n) is 3.48. The molecule has 0 saturated carbocycles. The van der Waals surface area contributed by atoms with E-state index in [-0.39, 0.29) is 22.5 Å². The van der Waals surface area contributed by atoms with Crippen molar-refractivity contribution < 1.29 is 27.2 Å². The summed E-state index contributed by atoms with van der Waals surface area (Å²) in [4.78, 5) is 26.2. The normalized spacial score (nSPS) is 12.6. The first-order valence-electron chi connectivity index (χ1n) is 9.95. The number of carbonyl (C=O) groups excluding carboxylic acids is 2. The predicted molar refractivity (Wildman–Crippen MR) is 106 cm³/mol. The number of hydrogen-bond donors (Lipinski definition) is 2. The summed E-state index contributed by atoms with van der Waals surface area (Å²) in [5.41, 5.74) is -1.98. The summed E-state index contributed by atoms with van der Waals surface area (Å²) in [6, 6.07) is 3.13. The summed E-state index contributed by atoms with van der Waals surface area (Å²) in [5, 5.41) is 6.05. The van der Waals surface area contributed by atoms with Gasteiger partial charge in [-0.3, -0.25) is 9.59 Å². The third-order valence-electron chi connectivity index (χ3n) is 5.07. The van der Waals surface area contributed by atoms with Gasteiger partial charge in [-0.15, -0.1) is 0 Å². The highest BCUT2D eigenvalue weighted by Gasteiger charge is 2.41. The number of nitrogens with one attached hydrogen (secondary N) is 2. The number of halogens is 4. The fraction of sp³-hybridized carbons (Fsp3) is 0.364. The Morgan fingerprint density at radius 1 is 0.633 bits per heavy atom. The standard InChI is InChI=1S/C22H22F4N2O2/c1-3-5-9-27-11-7-8-12(28-10-6-4-2)14-13(11)21(29)15-16(22(14)30)18(24)20(26)19(25)17(15)23/h7-8,27-28H,3-6,9-10H2,1-2H3. The molecule has 0 aliphatic heterocycles. The lowest BCUT2D eigenvalue weighted by Crippen LogP contribution is -2.28. The van der Waals surface area contributed by atoms with Crippen molar-refractivity contribution in [2.24, 2.45) is 0 Å². The van der Waals surface area contributed by atoms with Crippen molar-refractivity contribution in [1.82, 2.24) is 0 Å². The van der Waals surface area contributed by atoms with Crippen LogP contribution in [-0.2, 0) is 0 Å². The summed E-state index contributed by atoms with van der Waals surface area (Å²) in [6.45, 7) is 4.90. The first-order valence-corrected chi connectivity index (χ1v) is 9.95. The van der Waals surface area contributed by atoms with Crippen LogP contribution in [0.25, 0.3) is 0 Å². The van der Waals surface area contributed by atoms with Crippen LogP contribution < -0.4 is 10.6 Å². The van der Waals surface area contributed by atoms with Gasteiger partial charge in [0.2, 0.25) is 0 Å². The lowest BCUT2D eigenvalue weighted by molar-refractivity contribution is 0.0970. The van der Waals surface area contributed by atoms with Crippen LogP contribution in [0.4, 0.5) is 28.9 Å². The fourth-order valence-corrected chi connectivity index (χ4v) is 3.48. The third kappa shape index (κ3) is 3.55. The number of benzene rings is 2. The number of anilines is 2. The number of carbonyl (C=O) groups is 2. The Morgan fingerprint density at radius 3 is 1.33 bits per heavy atom. The molecule has 1 aliphatic carbocycles. The summed E-state index contributed by atoms with van der Waals surface area (Å²) in [5.74, 6) is -10.1. The van der Waals surface area contributed by atoms with Crippen LogP contribution in [0.15, 0.2) is 12.1 Å². The molecule has 3 rings (SSSR count). The maximum absolute atomic E-state index is 14.4. The first-order chi connectivity index (χ1) is 14.3. The molecule has 4 nitrogen and oxygen atoms in total. The van der Waals surface area contributed by atoms with Crippen LogP contribution in [0.3, 0.4) is 0 Å². The van der Waals surface area contributed by atoms with Gasteiger partial charge in [0.05, 0.1) is 22.3 Å². The molecule has 0 amide bonds. The van der Waals surface area contributed by atoms with Crippen molar-refractivity contribution in [1.29, 1.82) is 0 Å². The molecule has 0 fully saturated rings. The number of fused-ring (bicyclic) bond motifs is 2. The molecule has 0 atom stereocenters. The minimum Gasteiger partial charge on any atom is -0.384 e. The average molecular weight is 422 g/mol. The Kier molecular flexibility index (Phi) is 6.43. The van der Waals surface area contributed by atoms with Gasteiger partial charge in [0.15, 0.2) is 34.8 Å². The molecule has 2 aromatic rings. The lowest BCUT2D eigenvalue weighted by Gasteiger charge is -2.24. The van der Waals surface area contributed by atoms with E-state index in [1.807, 2.05) is 13.8 Å². The minimum atomic E-state index is -2.12. The van der Waals surface area contributed by atoms with Crippen LogP contribution in [0, 0.1) is 23.3 Å². The van der Waals surface area contributed by atoms with Crippen LogP contribution in [0.2, 0.25) is 0 Å². The second-order valence-corrected chi connectivity index (χ2v) is 7.14. The maximum Gasteiger partial charge on any atom is 0.199 e. The minimum absolute atomic E-state index is 0.172. The second-order valence-electron chi connectivity index (χ2n) is 7.14. The smallest absolute Gasteiger partial charge is 0.199 e. The molecule has 2 N–H and O–H groups in total. The van der Waals surface area contributed by atoms with Gasteiger partial charge >= 0.3 is 0 Å². The maximum atomic E-state index is 14.4. The lowest BCUT2D eigenvalue weighted by atomic mass is 9.81. The second kappa shape index (κ2) is 8.85. The Labute approximate surface area is 171 Å². The van der Waals surface area contributed by atoms with E-state index in [1.165, 1.54) is 0 Å². The van der Waals surface area contributed by atoms with Gasteiger partial charge in [-0.25, -0.2) is 17.6 Å². The van der Waals surface area contributed by atoms with E-state index in [2.05, 4.69) is 10.6 Å². The summed E-state index contributed by atoms with van der Waals surface area (Å²) >= 11 is 0. The average Bonchev–Trinajstić information content (AvgIpc) is 2.73. The Hall–Kier alpha value is -2.90. The van der Waals surface area contributed by atoms with Gasteiger partial charge in [-0.1, -0.05) is 26.7 Å². The molecule has 0 heterocycles. The molecule has 0 radical (unpaired) electrons. The highest BCUT2D eigenvalue weighted by Crippen LogP contribution is 2.39. The molecule has 8 heteroatoms. The summed E-state index contributed by atoms with van der Waals surface area (Å²) in [6.07, 6.45) is 3.28. The third-order valence-corrected chi connectivity index (χ3v) is 5.07. The highest BCUT2D eigenvalue weighted by molar-refractivity contribution is 6.32. The Bertz CT molecular complexity index is 941. The molecule has 0 saturated heterocycles. The predicted octanol–water partition coefficient (Wildman–Crippen LogP) is 5.44. The van der Waals surface area contributed by atoms with E-state index in [0.717, 1.165) is 25.7 Å². The Balaban J connectivity index is 2.23. The monoisotopic (exact) mass is 422 g/mol. The molecule has 0 aromatic heterocycles. The van der Waals surface area contributed by atoms with Gasteiger partial charge in [-0.05, 0) is 25.0 Å². The van der Waals surface area contributed by atoms with E-state index in [0.29, 0.717) is 13.1 Å². The Morgan fingerprint density at radius 2 is 1.00 bits per heavy atom. The van der Waals surface area contributed by atoms with Crippen molar-refractivity contribution in [3.05, 3.63) is 57.7 Å². The summed E-state index contributed by atoms with van der Waals surface area (Å²) < 4.78 is 56.5. The van der Waals surface area contributed by atoms with Crippen LogP contribution >= 0.6 is 0 Å². The van der Waals surface area contributed by atoms with Crippen molar-refractivity contribution in [3.63, 3.8) is 0 Å². The van der Waals surface area contributed by atoms with Gasteiger partial charge in [0, 0.05) is 24.5 Å². The molecule has 30 heavy (non-hydrogen) atoms. The SMILES string of the molecule is CCCCNc1ccc(NCCCC)c2c1C(=O)c1c(F)c(F)c(F)c(F)c1C2=O. The van der Waals surface area contributed by atoms with Gasteiger partial charge in [0.25, 0.3) is 0 Å². The van der Waals surface area contributed by atoms with Gasteiger partial charge in [-0.2, -0.15) is 0 Å². The molecule has 0 unspecified atom stereocenters. The number of ketones is 2. The van der Waals surface area contributed by atoms with Gasteiger partial charge in [0.1, 0.15) is 0 Å². The zero-order chi connectivity index (χ0) is 22.0. The molecular formula is C22H22F4N2O2. The number of rotatable bonds is 8. The first kappa shape index (κ1) is 21.8. The van der Waals surface area contributed by atoms with E-state index in [1.54, 1.807) is 12.1 Å². The largest absolute Gasteiger partial charge is 0.384 e. The molecular weight excluding hydrogens is 400 g/mol. The van der Waals surface area contributed by atoms with E-state index in [4.69, 9.17) is 0 Å². The quantitative estimate of drug-likeness (QED) is 0.220. The van der Waals surface area contributed by atoms with Crippen molar-refractivity contribution >= 4 is 22.9 Å².